The number of aromatic nitrogens is 2. The lowest BCUT2D eigenvalue weighted by Crippen LogP contribution is -2.32. The van der Waals surface area contributed by atoms with E-state index >= 15 is 0 Å². The number of aryl methyl sites for hydroxylation is 1. The van der Waals surface area contributed by atoms with Gasteiger partial charge in [-0.05, 0) is 18.6 Å². The van der Waals surface area contributed by atoms with Gasteiger partial charge < -0.3 is 10.1 Å². The summed E-state index contributed by atoms with van der Waals surface area (Å²) < 4.78 is 31.1. The van der Waals surface area contributed by atoms with Gasteiger partial charge in [0.2, 0.25) is 0 Å². The summed E-state index contributed by atoms with van der Waals surface area (Å²) in [5, 5.41) is 7.70. The first kappa shape index (κ1) is 19.5. The normalized spacial score (nSPS) is 12.2. The third kappa shape index (κ3) is 3.85. The zero-order valence-electron chi connectivity index (χ0n) is 15.4. The Morgan fingerprint density at radius 2 is 1.79 bits per heavy atom. The highest BCUT2D eigenvalue weighted by molar-refractivity contribution is 6.04. The van der Waals surface area contributed by atoms with Crippen LogP contribution < -0.4 is 15.6 Å². The fraction of sp³-hybridized carbons (Fsp3) is 0.250. The van der Waals surface area contributed by atoms with Gasteiger partial charge in [0.1, 0.15) is 5.75 Å². The van der Waals surface area contributed by atoms with Gasteiger partial charge in [-0.2, -0.15) is 13.9 Å². The molecule has 0 fully saturated rings. The van der Waals surface area contributed by atoms with Crippen molar-refractivity contribution < 1.29 is 18.3 Å². The molecule has 6 nitrogen and oxygen atoms in total. The van der Waals surface area contributed by atoms with Crippen LogP contribution in [-0.2, 0) is 7.05 Å². The molecular formula is C20H19F2N3O3. The van der Waals surface area contributed by atoms with Crippen molar-refractivity contribution in [2.75, 3.05) is 0 Å². The molecule has 1 N–H and O–H groups in total. The van der Waals surface area contributed by atoms with Gasteiger partial charge in [-0.15, -0.1) is 0 Å². The van der Waals surface area contributed by atoms with Crippen molar-refractivity contribution in [3.05, 3.63) is 70.1 Å². The topological polar surface area (TPSA) is 73.2 Å². The van der Waals surface area contributed by atoms with Gasteiger partial charge in [-0.3, -0.25) is 9.59 Å². The van der Waals surface area contributed by atoms with Crippen molar-refractivity contribution in [1.82, 2.24) is 15.1 Å². The van der Waals surface area contributed by atoms with Crippen molar-refractivity contribution >= 4 is 16.7 Å². The first-order chi connectivity index (χ1) is 13.4. The van der Waals surface area contributed by atoms with Crippen LogP contribution in [0, 0.1) is 0 Å². The Bertz CT molecular complexity index is 1070. The summed E-state index contributed by atoms with van der Waals surface area (Å²) >= 11 is 0. The fourth-order valence-electron chi connectivity index (χ4n) is 3.07. The van der Waals surface area contributed by atoms with Gasteiger partial charge in [-0.1, -0.05) is 43.3 Å². The monoisotopic (exact) mass is 387 g/mol. The second-order valence-electron chi connectivity index (χ2n) is 6.17. The smallest absolute Gasteiger partial charge is 0.387 e. The average Bonchev–Trinajstić information content (AvgIpc) is 2.69. The molecule has 2 aromatic carbocycles. The van der Waals surface area contributed by atoms with Gasteiger partial charge in [0.05, 0.1) is 11.4 Å². The molecule has 1 heterocycles. The van der Waals surface area contributed by atoms with E-state index in [-0.39, 0.29) is 17.0 Å². The largest absolute Gasteiger partial charge is 0.434 e. The Labute approximate surface area is 159 Å². The molecule has 0 saturated carbocycles. The maximum Gasteiger partial charge on any atom is 0.387 e. The van der Waals surface area contributed by atoms with Crippen molar-refractivity contribution in [3.63, 3.8) is 0 Å². The number of nitrogens with zero attached hydrogens (tertiary/aromatic N) is 2. The van der Waals surface area contributed by atoms with Crippen LogP contribution in [0.3, 0.4) is 0 Å². The van der Waals surface area contributed by atoms with Gasteiger partial charge in [0.15, 0.2) is 5.69 Å². The lowest BCUT2D eigenvalue weighted by atomic mass is 10.0. The van der Waals surface area contributed by atoms with Crippen LogP contribution in [0.15, 0.2) is 53.3 Å². The highest BCUT2D eigenvalue weighted by Crippen LogP contribution is 2.29. The summed E-state index contributed by atoms with van der Waals surface area (Å²) in [5.74, 6) is -0.506. The summed E-state index contributed by atoms with van der Waals surface area (Å²) in [7, 11) is 1.47. The molecule has 1 amide bonds. The molecule has 0 radical (unpaired) electrons. The number of nitrogens with one attached hydrogen (secondary N) is 1. The Balaban J connectivity index is 1.98. The van der Waals surface area contributed by atoms with Crippen LogP contribution in [0.25, 0.3) is 10.8 Å². The predicted molar refractivity (Wildman–Crippen MR) is 101 cm³/mol. The number of carbonyl (C=O) groups is 1. The quantitative estimate of drug-likeness (QED) is 0.704. The molecule has 8 heteroatoms. The molecule has 1 aromatic heterocycles. The molecule has 1 unspecified atom stereocenters. The fourth-order valence-corrected chi connectivity index (χ4v) is 3.07. The molecule has 1 atom stereocenters. The molecule has 3 aromatic rings. The molecular weight excluding hydrogens is 368 g/mol. The van der Waals surface area contributed by atoms with Crippen molar-refractivity contribution in [2.45, 2.75) is 26.0 Å². The van der Waals surface area contributed by atoms with Gasteiger partial charge >= 0.3 is 6.61 Å². The van der Waals surface area contributed by atoms with E-state index in [1.165, 1.54) is 13.1 Å². The number of para-hydroxylation sites is 1. The minimum atomic E-state index is -2.97. The highest BCUT2D eigenvalue weighted by Gasteiger charge is 2.22. The van der Waals surface area contributed by atoms with Crippen molar-refractivity contribution in [2.24, 2.45) is 7.05 Å². The first-order valence-electron chi connectivity index (χ1n) is 8.73. The Morgan fingerprint density at radius 3 is 2.46 bits per heavy atom. The minimum absolute atomic E-state index is 0.00271. The van der Waals surface area contributed by atoms with E-state index in [0.29, 0.717) is 22.8 Å². The van der Waals surface area contributed by atoms with Gasteiger partial charge in [0.25, 0.3) is 11.5 Å². The van der Waals surface area contributed by atoms with Gasteiger partial charge in [-0.25, -0.2) is 4.68 Å². The zero-order chi connectivity index (χ0) is 20.3. The van der Waals surface area contributed by atoms with E-state index in [2.05, 4.69) is 15.2 Å². The van der Waals surface area contributed by atoms with Crippen LogP contribution in [0.1, 0.15) is 35.4 Å². The summed E-state index contributed by atoms with van der Waals surface area (Å²) in [6.07, 6.45) is 0.444. The molecule has 0 aliphatic heterocycles. The zero-order valence-corrected chi connectivity index (χ0v) is 15.4. The lowest BCUT2D eigenvalue weighted by molar-refractivity contribution is -0.0506. The van der Waals surface area contributed by atoms with E-state index in [1.54, 1.807) is 42.5 Å². The van der Waals surface area contributed by atoms with Crippen molar-refractivity contribution in [1.29, 1.82) is 0 Å². The number of fused-ring (bicyclic) bond motifs is 1. The first-order valence-corrected chi connectivity index (χ1v) is 8.73. The second-order valence-corrected chi connectivity index (χ2v) is 6.17. The Morgan fingerprint density at radius 1 is 1.14 bits per heavy atom. The maximum absolute atomic E-state index is 12.9. The second kappa shape index (κ2) is 8.16. The third-order valence-corrected chi connectivity index (χ3v) is 4.40. The number of ether oxygens (including phenoxy) is 1. The Hall–Kier alpha value is -3.29. The van der Waals surface area contributed by atoms with E-state index in [0.717, 1.165) is 4.68 Å². The number of hydrogen-bond donors (Lipinski definition) is 1. The summed E-state index contributed by atoms with van der Waals surface area (Å²) in [6, 6.07) is 12.4. The molecule has 28 heavy (non-hydrogen) atoms. The standard InChI is InChI=1S/C20H19F2N3O3/c1-3-15(14-10-6-7-11-16(14)28-20(21)22)23-18(26)17-12-8-4-5-9-13(12)19(27)25(2)24-17/h4-11,15,20H,3H2,1-2H3,(H,23,26). The highest BCUT2D eigenvalue weighted by atomic mass is 19.3. The molecule has 146 valence electrons. The number of hydrogen-bond acceptors (Lipinski definition) is 4. The number of benzene rings is 2. The number of carbonyl (C=O) groups excluding carboxylic acids is 1. The van der Waals surface area contributed by atoms with Crippen LogP contribution >= 0.6 is 0 Å². The number of alkyl halides is 2. The molecule has 0 bridgehead atoms. The summed E-state index contributed by atoms with van der Waals surface area (Å²) in [4.78, 5) is 25.2. The molecule has 0 saturated heterocycles. The summed E-state index contributed by atoms with van der Waals surface area (Å²) in [6.45, 7) is -1.15. The molecule has 0 spiro atoms. The van der Waals surface area contributed by atoms with Crippen LogP contribution in [-0.4, -0.2) is 22.3 Å². The Kier molecular flexibility index (Phi) is 5.67. The lowest BCUT2D eigenvalue weighted by Gasteiger charge is -2.20. The van der Waals surface area contributed by atoms with E-state index < -0.39 is 18.6 Å². The van der Waals surface area contributed by atoms with Crippen LogP contribution in [0.5, 0.6) is 5.75 Å². The summed E-state index contributed by atoms with van der Waals surface area (Å²) in [5.41, 5.74) is 0.214. The SMILES string of the molecule is CCC(NC(=O)c1nn(C)c(=O)c2ccccc12)c1ccccc1OC(F)F. The average molecular weight is 387 g/mol. The van der Waals surface area contributed by atoms with Gasteiger partial charge in [0, 0.05) is 18.0 Å². The van der Waals surface area contributed by atoms with Crippen LogP contribution in [0.4, 0.5) is 8.78 Å². The molecule has 3 rings (SSSR count). The molecule has 0 aliphatic carbocycles. The predicted octanol–water partition coefficient (Wildman–Crippen LogP) is 3.42. The van der Waals surface area contributed by atoms with Crippen molar-refractivity contribution in [3.8, 4) is 5.75 Å². The minimum Gasteiger partial charge on any atom is -0.434 e. The number of halogens is 2. The third-order valence-electron chi connectivity index (χ3n) is 4.40. The van der Waals surface area contributed by atoms with Crippen LogP contribution in [0.2, 0.25) is 0 Å². The molecule has 0 aliphatic rings. The maximum atomic E-state index is 12.9. The number of rotatable bonds is 6. The number of amides is 1. The van der Waals surface area contributed by atoms with E-state index in [1.807, 2.05) is 6.92 Å². The van der Waals surface area contributed by atoms with E-state index in [4.69, 9.17) is 0 Å². The van der Waals surface area contributed by atoms with E-state index in [9.17, 15) is 18.4 Å².